The Bertz CT molecular complexity index is 736. The Morgan fingerprint density at radius 1 is 1.10 bits per heavy atom. The van der Waals surface area contributed by atoms with Gasteiger partial charge in [-0.05, 0) is 53.7 Å². The summed E-state index contributed by atoms with van der Waals surface area (Å²) < 4.78 is 7.09. The van der Waals surface area contributed by atoms with Crippen LogP contribution in [0.4, 0.5) is 5.69 Å². The van der Waals surface area contributed by atoms with Crippen molar-refractivity contribution in [3.63, 3.8) is 0 Å². The van der Waals surface area contributed by atoms with Gasteiger partial charge in [0, 0.05) is 11.3 Å². The SMILES string of the molecule is CCOc1ccc(-n2nnnc2-c2ccccc2N)cc1. The molecule has 106 valence electrons. The number of nitrogens with two attached hydrogens (primary N) is 1. The van der Waals surface area contributed by atoms with Gasteiger partial charge in [-0.25, -0.2) is 0 Å². The van der Waals surface area contributed by atoms with Crippen LogP contribution in [0.2, 0.25) is 0 Å². The first-order valence-corrected chi connectivity index (χ1v) is 6.66. The standard InChI is InChI=1S/C15H15N5O/c1-2-21-12-9-7-11(8-10-12)20-15(17-18-19-20)13-5-3-4-6-14(13)16/h3-10H,2,16H2,1H3. The van der Waals surface area contributed by atoms with Crippen molar-refractivity contribution in [1.82, 2.24) is 20.2 Å². The van der Waals surface area contributed by atoms with Crippen molar-refractivity contribution in [2.45, 2.75) is 6.92 Å². The molecule has 3 rings (SSSR count). The summed E-state index contributed by atoms with van der Waals surface area (Å²) >= 11 is 0. The highest BCUT2D eigenvalue weighted by Gasteiger charge is 2.12. The molecule has 0 bridgehead atoms. The fourth-order valence-corrected chi connectivity index (χ4v) is 2.08. The molecule has 21 heavy (non-hydrogen) atoms. The number of nitrogens with zero attached hydrogens (tertiary/aromatic N) is 4. The highest BCUT2D eigenvalue weighted by Crippen LogP contribution is 2.25. The van der Waals surface area contributed by atoms with Crippen LogP contribution in [0, 0.1) is 0 Å². The second kappa shape index (κ2) is 5.62. The van der Waals surface area contributed by atoms with Gasteiger partial charge in [-0.1, -0.05) is 12.1 Å². The van der Waals surface area contributed by atoms with E-state index in [0.717, 1.165) is 17.0 Å². The van der Waals surface area contributed by atoms with Gasteiger partial charge in [-0.15, -0.1) is 5.10 Å². The molecule has 0 saturated carbocycles. The van der Waals surface area contributed by atoms with E-state index < -0.39 is 0 Å². The molecule has 0 radical (unpaired) electrons. The van der Waals surface area contributed by atoms with E-state index in [1.807, 2.05) is 55.5 Å². The van der Waals surface area contributed by atoms with Crippen LogP contribution in [0.1, 0.15) is 6.92 Å². The quantitative estimate of drug-likeness (QED) is 0.742. The molecule has 0 spiro atoms. The number of benzene rings is 2. The van der Waals surface area contributed by atoms with Gasteiger partial charge in [0.2, 0.25) is 0 Å². The van der Waals surface area contributed by atoms with Crippen molar-refractivity contribution in [3.05, 3.63) is 48.5 Å². The number of hydrogen-bond acceptors (Lipinski definition) is 5. The minimum absolute atomic E-state index is 0.609. The zero-order chi connectivity index (χ0) is 14.7. The molecule has 0 fully saturated rings. The summed E-state index contributed by atoms with van der Waals surface area (Å²) in [6.45, 7) is 2.58. The molecule has 0 saturated heterocycles. The maximum Gasteiger partial charge on any atom is 0.189 e. The number of aromatic nitrogens is 4. The van der Waals surface area contributed by atoms with E-state index in [2.05, 4.69) is 15.5 Å². The topological polar surface area (TPSA) is 78.8 Å². The molecular weight excluding hydrogens is 266 g/mol. The van der Waals surface area contributed by atoms with Crippen LogP contribution in [0.5, 0.6) is 5.75 Å². The molecule has 6 nitrogen and oxygen atoms in total. The summed E-state index contributed by atoms with van der Waals surface area (Å²) in [6, 6.07) is 15.1. The highest BCUT2D eigenvalue weighted by atomic mass is 16.5. The number of tetrazole rings is 1. The molecule has 0 aliphatic heterocycles. The predicted octanol–water partition coefficient (Wildman–Crippen LogP) is 2.31. The van der Waals surface area contributed by atoms with E-state index in [1.165, 1.54) is 0 Å². The Hall–Kier alpha value is -2.89. The fraction of sp³-hybridized carbons (Fsp3) is 0.133. The van der Waals surface area contributed by atoms with Gasteiger partial charge in [0.1, 0.15) is 5.75 Å². The van der Waals surface area contributed by atoms with E-state index >= 15 is 0 Å². The average molecular weight is 281 g/mol. The maximum absolute atomic E-state index is 5.99. The van der Waals surface area contributed by atoms with Crippen LogP contribution in [-0.4, -0.2) is 26.8 Å². The van der Waals surface area contributed by atoms with Gasteiger partial charge in [0.25, 0.3) is 0 Å². The Morgan fingerprint density at radius 3 is 2.57 bits per heavy atom. The second-order valence-corrected chi connectivity index (χ2v) is 4.43. The molecular formula is C15H15N5O. The number of ether oxygens (including phenoxy) is 1. The van der Waals surface area contributed by atoms with Gasteiger partial charge in [-0.2, -0.15) is 4.68 Å². The molecule has 1 aromatic heterocycles. The highest BCUT2D eigenvalue weighted by molar-refractivity contribution is 5.72. The summed E-state index contributed by atoms with van der Waals surface area (Å²) in [5.41, 5.74) is 8.28. The number of rotatable bonds is 4. The van der Waals surface area contributed by atoms with Gasteiger partial charge in [-0.3, -0.25) is 0 Å². The van der Waals surface area contributed by atoms with Gasteiger partial charge in [0.15, 0.2) is 5.82 Å². The lowest BCUT2D eigenvalue weighted by Gasteiger charge is -2.08. The number of para-hydroxylation sites is 1. The van der Waals surface area contributed by atoms with Crippen molar-refractivity contribution in [2.24, 2.45) is 0 Å². The minimum Gasteiger partial charge on any atom is -0.494 e. The van der Waals surface area contributed by atoms with Gasteiger partial charge < -0.3 is 10.5 Å². The van der Waals surface area contributed by atoms with Crippen LogP contribution in [0.3, 0.4) is 0 Å². The summed E-state index contributed by atoms with van der Waals surface area (Å²) in [7, 11) is 0. The molecule has 1 heterocycles. The molecule has 2 aromatic carbocycles. The molecule has 0 unspecified atom stereocenters. The first kappa shape index (κ1) is 13.1. The third kappa shape index (κ3) is 2.55. The number of hydrogen-bond donors (Lipinski definition) is 1. The van der Waals surface area contributed by atoms with Gasteiger partial charge in [0.05, 0.1) is 12.3 Å². The van der Waals surface area contributed by atoms with Crippen LogP contribution in [0.25, 0.3) is 17.1 Å². The van der Waals surface area contributed by atoms with E-state index in [4.69, 9.17) is 10.5 Å². The Morgan fingerprint density at radius 2 is 1.86 bits per heavy atom. The molecule has 0 aliphatic rings. The lowest BCUT2D eigenvalue weighted by Crippen LogP contribution is -2.01. The lowest BCUT2D eigenvalue weighted by atomic mass is 10.1. The third-order valence-corrected chi connectivity index (χ3v) is 3.06. The first-order chi connectivity index (χ1) is 10.3. The Labute approximate surface area is 122 Å². The molecule has 3 aromatic rings. The van der Waals surface area contributed by atoms with Crippen molar-refractivity contribution in [2.75, 3.05) is 12.3 Å². The van der Waals surface area contributed by atoms with Crippen LogP contribution in [0.15, 0.2) is 48.5 Å². The lowest BCUT2D eigenvalue weighted by molar-refractivity contribution is 0.340. The summed E-state index contributed by atoms with van der Waals surface area (Å²) in [6.07, 6.45) is 0. The van der Waals surface area contributed by atoms with Crippen LogP contribution in [-0.2, 0) is 0 Å². The van der Waals surface area contributed by atoms with E-state index in [-0.39, 0.29) is 0 Å². The largest absolute Gasteiger partial charge is 0.494 e. The van der Waals surface area contributed by atoms with E-state index in [9.17, 15) is 0 Å². The molecule has 6 heteroatoms. The summed E-state index contributed by atoms with van der Waals surface area (Å²) in [4.78, 5) is 0. The molecule has 0 atom stereocenters. The van der Waals surface area contributed by atoms with E-state index in [0.29, 0.717) is 18.1 Å². The van der Waals surface area contributed by atoms with Crippen molar-refractivity contribution < 1.29 is 4.74 Å². The van der Waals surface area contributed by atoms with Crippen LogP contribution >= 0.6 is 0 Å². The van der Waals surface area contributed by atoms with Crippen LogP contribution < -0.4 is 10.5 Å². The zero-order valence-electron chi connectivity index (χ0n) is 11.6. The number of anilines is 1. The maximum atomic E-state index is 5.99. The van der Waals surface area contributed by atoms with Crippen molar-refractivity contribution >= 4 is 5.69 Å². The normalized spacial score (nSPS) is 10.5. The second-order valence-electron chi connectivity index (χ2n) is 4.43. The molecule has 2 N–H and O–H groups in total. The Balaban J connectivity index is 2.01. The number of nitrogen functional groups attached to an aromatic ring is 1. The first-order valence-electron chi connectivity index (χ1n) is 6.66. The Kier molecular flexibility index (Phi) is 3.51. The molecule has 0 aliphatic carbocycles. The van der Waals surface area contributed by atoms with Crippen molar-refractivity contribution in [1.29, 1.82) is 0 Å². The molecule has 0 amide bonds. The summed E-state index contributed by atoms with van der Waals surface area (Å²) in [5.74, 6) is 1.42. The predicted molar refractivity (Wildman–Crippen MR) is 80.2 cm³/mol. The third-order valence-electron chi connectivity index (χ3n) is 3.06. The fourth-order valence-electron chi connectivity index (χ4n) is 2.08. The minimum atomic E-state index is 0.609. The summed E-state index contributed by atoms with van der Waals surface area (Å²) in [5, 5.41) is 11.9. The zero-order valence-corrected chi connectivity index (χ0v) is 11.6. The van der Waals surface area contributed by atoms with Gasteiger partial charge >= 0.3 is 0 Å². The monoisotopic (exact) mass is 281 g/mol. The van der Waals surface area contributed by atoms with E-state index in [1.54, 1.807) is 4.68 Å². The van der Waals surface area contributed by atoms with Crippen molar-refractivity contribution in [3.8, 4) is 22.8 Å². The average Bonchev–Trinajstić information content (AvgIpc) is 2.98. The smallest absolute Gasteiger partial charge is 0.189 e.